The number of ether oxygens (including phenoxy) is 1. The molecule has 0 atom stereocenters. The van der Waals surface area contributed by atoms with Gasteiger partial charge in [0.1, 0.15) is 17.2 Å². The predicted molar refractivity (Wildman–Crippen MR) is 245 cm³/mol. The minimum absolute atomic E-state index is 0.213. The van der Waals surface area contributed by atoms with E-state index in [1.54, 1.807) is 0 Å². The first-order valence-electron chi connectivity index (χ1n) is 20.0. The second-order valence-electron chi connectivity index (χ2n) is 15.2. The van der Waals surface area contributed by atoms with Crippen molar-refractivity contribution in [3.63, 3.8) is 0 Å². The summed E-state index contributed by atoms with van der Waals surface area (Å²) in [6.45, 7) is 0. The topological polar surface area (TPSA) is 39.3 Å². The second kappa shape index (κ2) is 13.2. The number of phenolic OH excluding ortho intramolecular Hbond substituents is 1. The van der Waals surface area contributed by atoms with Gasteiger partial charge in [-0.3, -0.25) is 0 Å². The van der Waals surface area contributed by atoms with E-state index in [0.717, 1.165) is 78.2 Å². The molecule has 9 aromatic carbocycles. The van der Waals surface area contributed by atoms with Gasteiger partial charge in [0.05, 0.1) is 33.4 Å². The van der Waals surface area contributed by atoms with Crippen LogP contribution in [0.3, 0.4) is 0 Å². The molecule has 0 aliphatic carbocycles. The van der Waals surface area contributed by atoms with Crippen LogP contribution in [0.25, 0.3) is 88.4 Å². The molecular weight excluding hydrogens is 719 g/mol. The quantitative estimate of drug-likeness (QED) is 0.178. The van der Waals surface area contributed by atoms with E-state index in [0.29, 0.717) is 0 Å². The summed E-state index contributed by atoms with van der Waals surface area (Å²) in [5, 5.41) is 16.5. The first-order chi connectivity index (χ1) is 29.2. The van der Waals surface area contributed by atoms with Gasteiger partial charge in [0.25, 0.3) is 0 Å². The van der Waals surface area contributed by atoms with Gasteiger partial charge in [-0.15, -0.1) is 0 Å². The molecule has 275 valence electrons. The third-order valence-corrected chi connectivity index (χ3v) is 12.0. The van der Waals surface area contributed by atoms with Crippen LogP contribution >= 0.6 is 0 Å². The van der Waals surface area contributed by atoms with Crippen LogP contribution in [0.1, 0.15) is 0 Å². The Bertz CT molecular complexity index is 3380. The van der Waals surface area contributed by atoms with Gasteiger partial charge >= 0.3 is 0 Å². The van der Waals surface area contributed by atoms with Gasteiger partial charge < -0.3 is 19.0 Å². The Morgan fingerprint density at radius 2 is 0.831 bits per heavy atom. The highest BCUT2D eigenvalue weighted by Gasteiger charge is 2.25. The van der Waals surface area contributed by atoms with Crippen molar-refractivity contribution in [2.75, 3.05) is 0 Å². The van der Waals surface area contributed by atoms with Crippen LogP contribution in [0.4, 0.5) is 0 Å². The lowest BCUT2D eigenvalue weighted by molar-refractivity contribution is 0.477. The van der Waals surface area contributed by atoms with E-state index in [1.807, 2.05) is 24.3 Å². The van der Waals surface area contributed by atoms with E-state index in [9.17, 15) is 5.11 Å². The summed E-state index contributed by atoms with van der Waals surface area (Å²) >= 11 is 0. The lowest BCUT2D eigenvalue weighted by atomic mass is 9.59. The van der Waals surface area contributed by atoms with Crippen LogP contribution < -0.4 is 15.7 Å². The molecule has 1 aliphatic heterocycles. The molecule has 2 aromatic heterocycles. The lowest BCUT2D eigenvalue weighted by Crippen LogP contribution is -2.35. The SMILES string of the molecule is Oc1ccc(-c2ccccc2-n2c3ccccc3c3ccccc32)cc1-c1cccc2c1[B]c1cc(-c3ccccc3-n3c4ccccc4c4ccccc43)ccc1O2. The molecule has 0 spiro atoms. The fraction of sp³-hybridized carbons (Fsp3) is 0. The molecule has 1 aliphatic rings. The normalized spacial score (nSPS) is 12.1. The summed E-state index contributed by atoms with van der Waals surface area (Å²) in [7, 11) is 2.20. The summed E-state index contributed by atoms with van der Waals surface area (Å²) in [5.74, 6) is 1.76. The fourth-order valence-electron chi connectivity index (χ4n) is 9.32. The minimum Gasteiger partial charge on any atom is -0.507 e. The lowest BCUT2D eigenvalue weighted by Gasteiger charge is -2.24. The Morgan fingerprint density at radius 1 is 0.373 bits per heavy atom. The molecule has 59 heavy (non-hydrogen) atoms. The van der Waals surface area contributed by atoms with Crippen LogP contribution in [-0.2, 0) is 0 Å². The molecule has 0 saturated heterocycles. The molecule has 4 nitrogen and oxygen atoms in total. The van der Waals surface area contributed by atoms with Gasteiger partial charge in [0.2, 0.25) is 7.28 Å². The number of para-hydroxylation sites is 6. The third kappa shape index (κ3) is 5.18. The minimum atomic E-state index is 0.213. The Hall–Kier alpha value is -7.76. The largest absolute Gasteiger partial charge is 0.507 e. The van der Waals surface area contributed by atoms with Crippen molar-refractivity contribution >= 4 is 61.8 Å². The monoisotopic (exact) mass is 753 g/mol. The zero-order chi connectivity index (χ0) is 39.0. The first-order valence-corrected chi connectivity index (χ1v) is 20.0. The molecule has 12 rings (SSSR count). The summed E-state index contributed by atoms with van der Waals surface area (Å²) in [6, 6.07) is 70.0. The number of fused-ring (bicyclic) bond motifs is 8. The van der Waals surface area contributed by atoms with Crippen LogP contribution in [0, 0.1) is 0 Å². The molecule has 1 N–H and O–H groups in total. The van der Waals surface area contributed by atoms with E-state index >= 15 is 0 Å². The average molecular weight is 754 g/mol. The average Bonchev–Trinajstić information content (AvgIpc) is 3.81. The summed E-state index contributed by atoms with van der Waals surface area (Å²) in [6.07, 6.45) is 0. The number of nitrogens with zero attached hydrogens (tertiary/aromatic N) is 2. The Kier molecular flexibility index (Phi) is 7.44. The van der Waals surface area contributed by atoms with Crippen LogP contribution in [-0.4, -0.2) is 21.5 Å². The van der Waals surface area contributed by atoms with Gasteiger partial charge in [-0.2, -0.15) is 0 Å². The highest BCUT2D eigenvalue weighted by Crippen LogP contribution is 2.41. The van der Waals surface area contributed by atoms with E-state index < -0.39 is 0 Å². The van der Waals surface area contributed by atoms with Gasteiger partial charge in [-0.05, 0) is 88.3 Å². The summed E-state index contributed by atoms with van der Waals surface area (Å²) in [5.41, 5.74) is 14.7. The highest BCUT2D eigenvalue weighted by atomic mass is 16.5. The molecule has 0 unspecified atom stereocenters. The van der Waals surface area contributed by atoms with Crippen molar-refractivity contribution in [2.45, 2.75) is 0 Å². The number of rotatable bonds is 5. The fourth-order valence-corrected chi connectivity index (χ4v) is 9.32. The summed E-state index contributed by atoms with van der Waals surface area (Å²) in [4.78, 5) is 0. The Balaban J connectivity index is 0.958. The molecule has 11 aromatic rings. The second-order valence-corrected chi connectivity index (χ2v) is 15.2. The van der Waals surface area contributed by atoms with Crippen molar-refractivity contribution < 1.29 is 9.84 Å². The molecule has 0 amide bonds. The standard InChI is InChI=1S/C54H34BN2O2/c58-51-30-28-34(36-14-1-7-21-45(36)56-47-23-9-3-16-38(47)39-17-4-10-24-48(39)56)32-43(51)42-20-13-27-53-54(42)55-44-33-35(29-31-52(44)59-53)37-15-2-8-22-46(37)57-49-25-11-5-18-40(49)41-19-6-12-26-50(41)57/h1-33,58H. The third-order valence-electron chi connectivity index (χ3n) is 12.0. The molecule has 0 fully saturated rings. The number of benzene rings is 9. The number of aromatic hydroxyl groups is 1. The molecular formula is C54H34BN2O2. The molecule has 3 heterocycles. The van der Waals surface area contributed by atoms with Gasteiger partial charge in [-0.1, -0.05) is 140 Å². The Morgan fingerprint density at radius 3 is 1.39 bits per heavy atom. The van der Waals surface area contributed by atoms with E-state index in [1.165, 1.54) is 32.6 Å². The van der Waals surface area contributed by atoms with Crippen molar-refractivity contribution in [1.29, 1.82) is 0 Å². The maximum Gasteiger partial charge on any atom is 0.202 e. The van der Waals surface area contributed by atoms with Gasteiger partial charge in [0.15, 0.2) is 0 Å². The van der Waals surface area contributed by atoms with Crippen molar-refractivity contribution in [2.24, 2.45) is 0 Å². The maximum atomic E-state index is 11.6. The number of phenols is 1. The Labute approximate surface area is 341 Å². The van der Waals surface area contributed by atoms with E-state index in [-0.39, 0.29) is 5.75 Å². The number of hydrogen-bond donors (Lipinski definition) is 1. The van der Waals surface area contributed by atoms with Gasteiger partial charge in [-0.25, -0.2) is 0 Å². The number of hydrogen-bond acceptors (Lipinski definition) is 2. The zero-order valence-electron chi connectivity index (χ0n) is 31.9. The predicted octanol–water partition coefficient (Wildman–Crippen LogP) is 12.3. The van der Waals surface area contributed by atoms with E-state index in [2.05, 4.69) is 192 Å². The molecule has 1 radical (unpaired) electrons. The van der Waals surface area contributed by atoms with E-state index in [4.69, 9.17) is 4.74 Å². The van der Waals surface area contributed by atoms with Crippen molar-refractivity contribution in [3.8, 4) is 62.0 Å². The maximum absolute atomic E-state index is 11.6. The van der Waals surface area contributed by atoms with Gasteiger partial charge in [0, 0.05) is 38.2 Å². The van der Waals surface area contributed by atoms with Crippen LogP contribution in [0.15, 0.2) is 200 Å². The first kappa shape index (κ1) is 33.4. The van der Waals surface area contributed by atoms with Crippen molar-refractivity contribution in [3.05, 3.63) is 200 Å². The molecule has 0 bridgehead atoms. The van der Waals surface area contributed by atoms with Crippen molar-refractivity contribution in [1.82, 2.24) is 9.13 Å². The summed E-state index contributed by atoms with van der Waals surface area (Å²) < 4.78 is 11.4. The zero-order valence-corrected chi connectivity index (χ0v) is 31.9. The molecule has 0 saturated carbocycles. The van der Waals surface area contributed by atoms with Crippen LogP contribution in [0.5, 0.6) is 17.2 Å². The smallest absolute Gasteiger partial charge is 0.202 e. The highest BCUT2D eigenvalue weighted by molar-refractivity contribution is 6.71. The van der Waals surface area contributed by atoms with Crippen LogP contribution in [0.2, 0.25) is 0 Å². The number of aromatic nitrogens is 2. The molecule has 5 heteroatoms.